The molecule has 1 saturated heterocycles. The average Bonchev–Trinajstić information content (AvgIpc) is 2.39. The number of nitrogens with zero attached hydrogens (tertiary/aromatic N) is 1. The van der Waals surface area contributed by atoms with E-state index < -0.39 is 0 Å². The molecule has 3 N–H and O–H groups in total. The van der Waals surface area contributed by atoms with Crippen molar-refractivity contribution >= 4 is 0 Å². The van der Waals surface area contributed by atoms with Gasteiger partial charge in [-0.15, -0.1) is 0 Å². The van der Waals surface area contributed by atoms with Crippen LogP contribution in [0.25, 0.3) is 0 Å². The van der Waals surface area contributed by atoms with E-state index in [-0.39, 0.29) is 5.82 Å². The standard InChI is InChI=1S/C13H20FN3/c14-12-3-1-11(2-4-12)9-13(10-15)17-7-5-16-6-8-17/h1-4,13,16H,5-10,15H2. The van der Waals surface area contributed by atoms with Gasteiger partial charge in [0.05, 0.1) is 0 Å². The molecule has 2 rings (SSSR count). The van der Waals surface area contributed by atoms with E-state index in [1.54, 1.807) is 0 Å². The zero-order chi connectivity index (χ0) is 12.1. The molecule has 0 bridgehead atoms. The predicted molar refractivity (Wildman–Crippen MR) is 67.4 cm³/mol. The van der Waals surface area contributed by atoms with Gasteiger partial charge in [0.1, 0.15) is 5.82 Å². The Morgan fingerprint density at radius 3 is 2.47 bits per heavy atom. The highest BCUT2D eigenvalue weighted by Gasteiger charge is 2.19. The summed E-state index contributed by atoms with van der Waals surface area (Å²) >= 11 is 0. The molecule has 0 spiro atoms. The molecular weight excluding hydrogens is 217 g/mol. The van der Waals surface area contributed by atoms with E-state index in [1.807, 2.05) is 12.1 Å². The molecule has 1 atom stereocenters. The van der Waals surface area contributed by atoms with Crippen molar-refractivity contribution in [2.75, 3.05) is 32.7 Å². The van der Waals surface area contributed by atoms with Crippen molar-refractivity contribution in [1.29, 1.82) is 0 Å². The minimum atomic E-state index is -0.180. The first-order chi connectivity index (χ1) is 8.29. The van der Waals surface area contributed by atoms with E-state index in [2.05, 4.69) is 10.2 Å². The third kappa shape index (κ3) is 3.49. The molecule has 1 aliphatic heterocycles. The van der Waals surface area contributed by atoms with Gasteiger partial charge in [0.2, 0.25) is 0 Å². The van der Waals surface area contributed by atoms with Crippen molar-refractivity contribution in [3.8, 4) is 0 Å². The lowest BCUT2D eigenvalue weighted by Crippen LogP contribution is -2.51. The summed E-state index contributed by atoms with van der Waals surface area (Å²) in [6.07, 6.45) is 0.900. The number of nitrogens with one attached hydrogen (secondary N) is 1. The third-order valence-electron chi connectivity index (χ3n) is 3.32. The zero-order valence-electron chi connectivity index (χ0n) is 10.0. The number of rotatable bonds is 4. The molecule has 1 aromatic rings. The summed E-state index contributed by atoms with van der Waals surface area (Å²) in [6.45, 7) is 4.79. The quantitative estimate of drug-likeness (QED) is 0.806. The van der Waals surface area contributed by atoms with E-state index >= 15 is 0 Å². The van der Waals surface area contributed by atoms with Crippen LogP contribution in [-0.2, 0) is 6.42 Å². The van der Waals surface area contributed by atoms with E-state index in [1.165, 1.54) is 12.1 Å². The van der Waals surface area contributed by atoms with Crippen molar-refractivity contribution in [2.24, 2.45) is 5.73 Å². The molecule has 0 aromatic heterocycles. The van der Waals surface area contributed by atoms with Crippen molar-refractivity contribution < 1.29 is 4.39 Å². The highest BCUT2D eigenvalue weighted by molar-refractivity contribution is 5.17. The maximum Gasteiger partial charge on any atom is 0.123 e. The third-order valence-corrected chi connectivity index (χ3v) is 3.32. The van der Waals surface area contributed by atoms with Crippen LogP contribution >= 0.6 is 0 Å². The molecule has 17 heavy (non-hydrogen) atoms. The van der Waals surface area contributed by atoms with E-state index in [9.17, 15) is 4.39 Å². The number of halogens is 1. The van der Waals surface area contributed by atoms with Crippen LogP contribution in [0.15, 0.2) is 24.3 Å². The van der Waals surface area contributed by atoms with Gasteiger partial charge in [0.15, 0.2) is 0 Å². The fourth-order valence-electron chi connectivity index (χ4n) is 2.30. The van der Waals surface area contributed by atoms with Gasteiger partial charge in [-0.2, -0.15) is 0 Å². The van der Waals surface area contributed by atoms with E-state index in [0.29, 0.717) is 12.6 Å². The Hall–Kier alpha value is -0.970. The Balaban J connectivity index is 1.96. The molecule has 1 aliphatic rings. The molecule has 1 fully saturated rings. The molecule has 1 aromatic carbocycles. The van der Waals surface area contributed by atoms with Crippen molar-refractivity contribution in [3.63, 3.8) is 0 Å². The normalized spacial score (nSPS) is 19.2. The minimum absolute atomic E-state index is 0.180. The molecular formula is C13H20FN3. The number of hydrogen-bond acceptors (Lipinski definition) is 3. The molecule has 3 nitrogen and oxygen atoms in total. The average molecular weight is 237 g/mol. The van der Waals surface area contributed by atoms with Crippen LogP contribution in [0.2, 0.25) is 0 Å². The SMILES string of the molecule is NCC(Cc1ccc(F)cc1)N1CCNCC1. The maximum atomic E-state index is 12.8. The number of hydrogen-bond donors (Lipinski definition) is 2. The second-order valence-electron chi connectivity index (χ2n) is 4.51. The summed E-state index contributed by atoms with van der Waals surface area (Å²) in [5, 5.41) is 3.33. The second-order valence-corrected chi connectivity index (χ2v) is 4.51. The first kappa shape index (κ1) is 12.5. The van der Waals surface area contributed by atoms with Crippen LogP contribution < -0.4 is 11.1 Å². The molecule has 0 saturated carbocycles. The van der Waals surface area contributed by atoms with Crippen molar-refractivity contribution in [1.82, 2.24) is 10.2 Å². The largest absolute Gasteiger partial charge is 0.329 e. The maximum absolute atomic E-state index is 12.8. The monoisotopic (exact) mass is 237 g/mol. The van der Waals surface area contributed by atoms with Crippen LogP contribution in [0.1, 0.15) is 5.56 Å². The molecule has 94 valence electrons. The number of benzene rings is 1. The van der Waals surface area contributed by atoms with Crippen molar-refractivity contribution in [2.45, 2.75) is 12.5 Å². The fourth-order valence-corrected chi connectivity index (χ4v) is 2.30. The molecule has 0 radical (unpaired) electrons. The molecule has 1 unspecified atom stereocenters. The van der Waals surface area contributed by atoms with Crippen LogP contribution in [0.4, 0.5) is 4.39 Å². The van der Waals surface area contributed by atoms with Gasteiger partial charge in [0.25, 0.3) is 0 Å². The lowest BCUT2D eigenvalue weighted by molar-refractivity contribution is 0.176. The van der Waals surface area contributed by atoms with E-state index in [0.717, 1.165) is 38.2 Å². The molecule has 0 aliphatic carbocycles. The smallest absolute Gasteiger partial charge is 0.123 e. The van der Waals surface area contributed by atoms with Gasteiger partial charge < -0.3 is 11.1 Å². The van der Waals surface area contributed by atoms with Crippen LogP contribution in [0.3, 0.4) is 0 Å². The van der Waals surface area contributed by atoms with Gasteiger partial charge in [0, 0.05) is 38.8 Å². The summed E-state index contributed by atoms with van der Waals surface area (Å²) in [7, 11) is 0. The zero-order valence-corrected chi connectivity index (χ0v) is 10.0. The first-order valence-corrected chi connectivity index (χ1v) is 6.19. The summed E-state index contributed by atoms with van der Waals surface area (Å²) in [6, 6.07) is 7.09. The van der Waals surface area contributed by atoms with Crippen LogP contribution in [-0.4, -0.2) is 43.7 Å². The second kappa shape index (κ2) is 6.10. The van der Waals surface area contributed by atoms with Gasteiger partial charge in [-0.1, -0.05) is 12.1 Å². The Kier molecular flexibility index (Phi) is 4.48. The van der Waals surface area contributed by atoms with Gasteiger partial charge in [-0.05, 0) is 24.1 Å². The van der Waals surface area contributed by atoms with Gasteiger partial charge in [-0.25, -0.2) is 4.39 Å². The first-order valence-electron chi connectivity index (χ1n) is 6.19. The van der Waals surface area contributed by atoms with Gasteiger partial charge >= 0.3 is 0 Å². The number of piperazine rings is 1. The van der Waals surface area contributed by atoms with Crippen LogP contribution in [0, 0.1) is 5.82 Å². The molecule has 1 heterocycles. The Morgan fingerprint density at radius 1 is 1.24 bits per heavy atom. The lowest BCUT2D eigenvalue weighted by Gasteiger charge is -2.34. The topological polar surface area (TPSA) is 41.3 Å². The van der Waals surface area contributed by atoms with E-state index in [4.69, 9.17) is 5.73 Å². The van der Waals surface area contributed by atoms with Gasteiger partial charge in [-0.3, -0.25) is 4.90 Å². The summed E-state index contributed by atoms with van der Waals surface area (Å²) < 4.78 is 12.8. The highest BCUT2D eigenvalue weighted by Crippen LogP contribution is 2.10. The van der Waals surface area contributed by atoms with Crippen LogP contribution in [0.5, 0.6) is 0 Å². The van der Waals surface area contributed by atoms with Crippen molar-refractivity contribution in [3.05, 3.63) is 35.6 Å². The Labute approximate surface area is 102 Å². The summed E-state index contributed by atoms with van der Waals surface area (Å²) in [5.74, 6) is -0.180. The Bertz CT molecular complexity index is 333. The number of nitrogens with two attached hydrogens (primary N) is 1. The minimum Gasteiger partial charge on any atom is -0.329 e. The predicted octanol–water partition coefficient (Wildman–Crippen LogP) is 0.601. The Morgan fingerprint density at radius 2 is 1.88 bits per heavy atom. The fraction of sp³-hybridized carbons (Fsp3) is 0.538. The summed E-state index contributed by atoms with van der Waals surface area (Å²) in [4.78, 5) is 2.42. The summed E-state index contributed by atoms with van der Waals surface area (Å²) in [5.41, 5.74) is 7.00. The molecule has 0 amide bonds. The highest BCUT2D eigenvalue weighted by atomic mass is 19.1. The molecule has 4 heteroatoms. The lowest BCUT2D eigenvalue weighted by atomic mass is 10.0.